The smallest absolute Gasteiger partial charge is 0.342 e. The highest BCUT2D eigenvalue weighted by molar-refractivity contribution is 8.04. The largest absolute Gasteiger partial charge is 0.497 e. The van der Waals surface area contributed by atoms with Crippen molar-refractivity contribution < 1.29 is 19.4 Å². The van der Waals surface area contributed by atoms with Crippen molar-refractivity contribution in [2.75, 3.05) is 14.2 Å². The summed E-state index contributed by atoms with van der Waals surface area (Å²) in [5, 5.41) is 18.5. The summed E-state index contributed by atoms with van der Waals surface area (Å²) in [7, 11) is 3.14. The van der Waals surface area contributed by atoms with Crippen LogP contribution in [0.1, 0.15) is 16.8 Å². The van der Waals surface area contributed by atoms with Crippen LogP contribution in [0.3, 0.4) is 0 Å². The average Bonchev–Trinajstić information content (AvgIpc) is 3.52. The van der Waals surface area contributed by atoms with Crippen LogP contribution in [-0.2, 0) is 11.3 Å². The lowest BCUT2D eigenvalue weighted by Gasteiger charge is -2.08. The number of rotatable bonds is 9. The highest BCUT2D eigenvalue weighted by Gasteiger charge is 2.19. The summed E-state index contributed by atoms with van der Waals surface area (Å²) in [4.78, 5) is 16.9. The van der Waals surface area contributed by atoms with E-state index in [2.05, 4.69) is 37.9 Å². The number of H-pyrrole nitrogens is 1. The second kappa shape index (κ2) is 10.9. The van der Waals surface area contributed by atoms with Crippen LogP contribution in [-0.4, -0.2) is 45.0 Å². The molecule has 0 saturated carbocycles. The summed E-state index contributed by atoms with van der Waals surface area (Å²) in [5.41, 5.74) is 4.76. The van der Waals surface area contributed by atoms with E-state index in [1.165, 1.54) is 5.56 Å². The summed E-state index contributed by atoms with van der Waals surface area (Å²) in [6.07, 6.45) is 1.71. The Balaban J connectivity index is 1.50. The minimum absolute atomic E-state index is 0.115. The molecular weight excluding hydrogens is 500 g/mol. The van der Waals surface area contributed by atoms with E-state index in [0.717, 1.165) is 33.9 Å². The monoisotopic (exact) mass is 526 g/mol. The van der Waals surface area contributed by atoms with E-state index in [9.17, 15) is 9.90 Å². The Morgan fingerprint density at radius 2 is 1.71 bits per heavy atom. The predicted octanol–water partition coefficient (Wildman–Crippen LogP) is 6.02. The number of aliphatic carboxylic acids is 1. The van der Waals surface area contributed by atoms with E-state index in [-0.39, 0.29) is 4.91 Å². The predicted molar refractivity (Wildman–Crippen MR) is 149 cm³/mol. The molecule has 0 spiro atoms. The van der Waals surface area contributed by atoms with Gasteiger partial charge in [0.15, 0.2) is 5.82 Å². The first-order valence-electron chi connectivity index (χ1n) is 11.9. The number of nitrogens with one attached hydrogen (secondary N) is 1. The molecule has 0 aliphatic carbocycles. The topological polar surface area (TPSA) is 102 Å². The van der Waals surface area contributed by atoms with Gasteiger partial charge in [-0.1, -0.05) is 48.5 Å². The van der Waals surface area contributed by atoms with Gasteiger partial charge in [-0.25, -0.2) is 9.78 Å². The number of ether oxygens (including phenoxy) is 2. The quantitative estimate of drug-likeness (QED) is 0.179. The van der Waals surface area contributed by atoms with Gasteiger partial charge in [0.25, 0.3) is 0 Å². The molecule has 0 atom stereocenters. The molecule has 3 aromatic carbocycles. The molecule has 5 rings (SSSR count). The number of thioether (sulfide) groups is 1. The normalized spacial score (nSPS) is 11.6. The summed E-state index contributed by atoms with van der Waals surface area (Å²) in [6, 6.07) is 23.6. The van der Waals surface area contributed by atoms with Crippen LogP contribution in [0.15, 0.2) is 82.9 Å². The lowest BCUT2D eigenvalue weighted by Crippen LogP contribution is -2.02. The lowest BCUT2D eigenvalue weighted by atomic mass is 10.1. The van der Waals surface area contributed by atoms with Crippen LogP contribution in [0.2, 0.25) is 0 Å². The second-order valence-electron chi connectivity index (χ2n) is 8.57. The molecule has 5 aromatic rings. The number of carbonyl (C=O) groups is 1. The van der Waals surface area contributed by atoms with Gasteiger partial charge in [-0.05, 0) is 48.5 Å². The third-order valence-electron chi connectivity index (χ3n) is 6.24. The van der Waals surface area contributed by atoms with Crippen LogP contribution >= 0.6 is 11.8 Å². The molecule has 0 aliphatic heterocycles. The van der Waals surface area contributed by atoms with E-state index >= 15 is 0 Å². The van der Waals surface area contributed by atoms with E-state index in [4.69, 9.17) is 9.47 Å². The zero-order valence-corrected chi connectivity index (χ0v) is 22.0. The standard InChI is InChI=1S/C29H26N4O4S/c1-18-24(23-11-7-8-12-25(23)33(18)17-19-9-5-4-6-10-19)16-26(28(34)35)38-29-30-27(31-32-29)20-13-21(36-2)15-22(14-20)37-3/h4-16H,17H2,1-3H3,(H,34,35)(H,30,31,32)/b26-16-. The van der Waals surface area contributed by atoms with Gasteiger partial charge in [0, 0.05) is 40.3 Å². The van der Waals surface area contributed by atoms with Crippen LogP contribution in [0, 0.1) is 6.92 Å². The Hall–Kier alpha value is -4.50. The zero-order valence-electron chi connectivity index (χ0n) is 21.1. The maximum atomic E-state index is 12.3. The minimum atomic E-state index is -1.05. The zero-order chi connectivity index (χ0) is 26.6. The van der Waals surface area contributed by atoms with Crippen molar-refractivity contribution in [3.63, 3.8) is 0 Å². The van der Waals surface area contributed by atoms with Crippen LogP contribution in [0.4, 0.5) is 0 Å². The number of aromatic nitrogens is 4. The van der Waals surface area contributed by atoms with Gasteiger partial charge in [-0.15, -0.1) is 5.10 Å². The van der Waals surface area contributed by atoms with Gasteiger partial charge >= 0.3 is 5.97 Å². The number of methoxy groups -OCH3 is 2. The lowest BCUT2D eigenvalue weighted by molar-refractivity contribution is -0.131. The fraction of sp³-hybridized carbons (Fsp3) is 0.138. The van der Waals surface area contributed by atoms with Crippen molar-refractivity contribution in [2.45, 2.75) is 18.6 Å². The molecule has 2 aromatic heterocycles. The minimum Gasteiger partial charge on any atom is -0.497 e. The molecule has 0 aliphatic rings. The third-order valence-corrected chi connectivity index (χ3v) is 7.12. The van der Waals surface area contributed by atoms with Crippen molar-refractivity contribution in [2.24, 2.45) is 0 Å². The molecule has 0 saturated heterocycles. The Kier molecular flexibility index (Phi) is 7.19. The number of fused-ring (bicyclic) bond motifs is 1. The SMILES string of the molecule is COc1cc(OC)cc(-c2nc(S/C(=C\c3c(C)n(Cc4ccccc4)c4ccccc34)C(=O)O)n[nH]2)c1. The van der Waals surface area contributed by atoms with Gasteiger partial charge in [0.2, 0.25) is 5.16 Å². The molecule has 0 amide bonds. The summed E-state index contributed by atoms with van der Waals surface area (Å²) in [6.45, 7) is 2.70. The molecule has 2 N–H and O–H groups in total. The molecule has 0 unspecified atom stereocenters. The first-order chi connectivity index (χ1) is 18.5. The maximum Gasteiger partial charge on any atom is 0.342 e. The summed E-state index contributed by atoms with van der Waals surface area (Å²) < 4.78 is 12.9. The number of nitrogens with zero attached hydrogens (tertiary/aromatic N) is 3. The Morgan fingerprint density at radius 3 is 2.39 bits per heavy atom. The molecular formula is C29H26N4O4S. The van der Waals surface area contributed by atoms with Gasteiger partial charge in [-0.2, -0.15) is 0 Å². The van der Waals surface area contributed by atoms with E-state index in [1.54, 1.807) is 38.5 Å². The molecule has 2 heterocycles. The number of hydrogen-bond donors (Lipinski definition) is 2. The van der Waals surface area contributed by atoms with Crippen molar-refractivity contribution >= 4 is 34.7 Å². The van der Waals surface area contributed by atoms with Gasteiger partial charge in [-0.3, -0.25) is 5.10 Å². The highest BCUT2D eigenvalue weighted by atomic mass is 32.2. The van der Waals surface area contributed by atoms with Crippen LogP contribution < -0.4 is 9.47 Å². The number of benzene rings is 3. The van der Waals surface area contributed by atoms with E-state index in [0.29, 0.717) is 34.6 Å². The van der Waals surface area contributed by atoms with E-state index in [1.807, 2.05) is 43.3 Å². The van der Waals surface area contributed by atoms with Crippen LogP contribution in [0.25, 0.3) is 28.4 Å². The molecule has 0 fully saturated rings. The van der Waals surface area contributed by atoms with Crippen molar-refractivity contribution in [1.29, 1.82) is 0 Å². The average molecular weight is 527 g/mol. The Labute approximate surface area is 223 Å². The Bertz CT molecular complexity index is 1620. The number of hydrogen-bond acceptors (Lipinski definition) is 6. The highest BCUT2D eigenvalue weighted by Crippen LogP contribution is 2.34. The van der Waals surface area contributed by atoms with Crippen molar-refractivity contribution in [3.05, 3.63) is 94.5 Å². The molecule has 192 valence electrons. The van der Waals surface area contributed by atoms with Gasteiger partial charge in [0.05, 0.1) is 14.2 Å². The Morgan fingerprint density at radius 1 is 1.03 bits per heavy atom. The summed E-state index contributed by atoms with van der Waals surface area (Å²) >= 11 is 0.994. The third kappa shape index (κ3) is 5.14. The number of carboxylic acid groups (broad SMARTS) is 1. The molecule has 0 radical (unpaired) electrons. The van der Waals surface area contributed by atoms with Crippen molar-refractivity contribution in [3.8, 4) is 22.9 Å². The molecule has 8 nitrogen and oxygen atoms in total. The number of para-hydroxylation sites is 1. The maximum absolute atomic E-state index is 12.3. The van der Waals surface area contributed by atoms with Gasteiger partial charge in [0.1, 0.15) is 16.4 Å². The fourth-order valence-corrected chi connectivity index (χ4v) is 5.03. The fourth-order valence-electron chi connectivity index (χ4n) is 4.34. The molecule has 9 heteroatoms. The first kappa shape index (κ1) is 25.2. The molecule has 0 bridgehead atoms. The van der Waals surface area contributed by atoms with Gasteiger partial charge < -0.3 is 19.1 Å². The van der Waals surface area contributed by atoms with Crippen molar-refractivity contribution in [1.82, 2.24) is 19.7 Å². The van der Waals surface area contributed by atoms with E-state index < -0.39 is 5.97 Å². The first-order valence-corrected chi connectivity index (χ1v) is 12.7. The second-order valence-corrected chi connectivity index (χ2v) is 9.58. The summed E-state index contributed by atoms with van der Waals surface area (Å²) in [5.74, 6) is 0.644. The van der Waals surface area contributed by atoms with Crippen LogP contribution in [0.5, 0.6) is 11.5 Å². The number of carboxylic acids is 1. The number of aromatic amines is 1. The molecule has 38 heavy (non-hydrogen) atoms.